The lowest BCUT2D eigenvalue weighted by molar-refractivity contribution is 0.0513. The van der Waals surface area contributed by atoms with Gasteiger partial charge in [0.2, 0.25) is 6.79 Å². The van der Waals surface area contributed by atoms with Gasteiger partial charge in [-0.2, -0.15) is 0 Å². The van der Waals surface area contributed by atoms with Crippen LogP contribution in [0.15, 0.2) is 23.2 Å². The molecule has 0 radical (unpaired) electrons. The van der Waals surface area contributed by atoms with Crippen LogP contribution in [0.3, 0.4) is 0 Å². The van der Waals surface area contributed by atoms with Crippen LogP contribution in [-0.2, 0) is 16.7 Å². The summed E-state index contributed by atoms with van der Waals surface area (Å²) in [6, 6.07) is 6.31. The molecule has 9 heteroatoms. The smallest absolute Gasteiger partial charge is 0.231 e. The van der Waals surface area contributed by atoms with Crippen LogP contribution >= 0.6 is 35.3 Å². The van der Waals surface area contributed by atoms with E-state index < -0.39 is 0 Å². The van der Waals surface area contributed by atoms with Crippen LogP contribution in [0.4, 0.5) is 0 Å². The zero-order valence-corrected chi connectivity index (χ0v) is 21.5. The van der Waals surface area contributed by atoms with Gasteiger partial charge in [-0.15, -0.1) is 35.3 Å². The Morgan fingerprint density at radius 2 is 1.94 bits per heavy atom. The summed E-state index contributed by atoms with van der Waals surface area (Å²) in [4.78, 5) is 10.5. The van der Waals surface area contributed by atoms with Crippen LogP contribution in [0.1, 0.15) is 40.9 Å². The van der Waals surface area contributed by atoms with Gasteiger partial charge in [0.25, 0.3) is 0 Å². The van der Waals surface area contributed by atoms with E-state index in [9.17, 15) is 0 Å². The first-order chi connectivity index (χ1) is 14.6. The number of nitrogens with one attached hydrogen (secondary N) is 2. The van der Waals surface area contributed by atoms with Crippen molar-refractivity contribution in [3.63, 3.8) is 0 Å². The molecule has 2 aliphatic rings. The molecule has 0 spiro atoms. The van der Waals surface area contributed by atoms with Crippen molar-refractivity contribution in [2.75, 3.05) is 33.1 Å². The van der Waals surface area contributed by atoms with E-state index in [0.29, 0.717) is 13.3 Å². The van der Waals surface area contributed by atoms with Gasteiger partial charge in [-0.1, -0.05) is 6.07 Å². The number of aromatic nitrogens is 1. The van der Waals surface area contributed by atoms with Gasteiger partial charge in [-0.25, -0.2) is 9.98 Å². The van der Waals surface area contributed by atoms with Crippen molar-refractivity contribution in [2.24, 2.45) is 4.99 Å². The molecule has 0 amide bonds. The molecule has 1 saturated heterocycles. The molecule has 3 heterocycles. The molecule has 7 nitrogen and oxygen atoms in total. The van der Waals surface area contributed by atoms with Crippen molar-refractivity contribution in [1.29, 1.82) is 0 Å². The van der Waals surface area contributed by atoms with E-state index in [2.05, 4.69) is 34.7 Å². The van der Waals surface area contributed by atoms with Crippen molar-refractivity contribution in [3.8, 4) is 11.5 Å². The summed E-state index contributed by atoms with van der Waals surface area (Å²) in [6.07, 6.45) is 1.90. The molecule has 0 unspecified atom stereocenters. The second-order valence-electron chi connectivity index (χ2n) is 7.75. The fourth-order valence-corrected chi connectivity index (χ4v) is 4.88. The minimum absolute atomic E-state index is 0. The summed E-state index contributed by atoms with van der Waals surface area (Å²) in [6.45, 7) is 10.2. The highest BCUT2D eigenvalue weighted by Crippen LogP contribution is 2.40. The number of aryl methyl sites for hydroxylation is 2. The molecule has 0 aliphatic carbocycles. The number of aliphatic imine (C=N–C) groups is 1. The lowest BCUT2D eigenvalue weighted by Crippen LogP contribution is -2.48. The first kappa shape index (κ1) is 24.1. The van der Waals surface area contributed by atoms with E-state index >= 15 is 0 Å². The van der Waals surface area contributed by atoms with E-state index in [1.807, 2.05) is 19.9 Å². The monoisotopic (exact) mass is 558 g/mol. The Labute approximate surface area is 205 Å². The molecule has 2 aliphatic heterocycles. The van der Waals surface area contributed by atoms with Crippen LogP contribution in [0.5, 0.6) is 11.5 Å². The van der Waals surface area contributed by atoms with Crippen LogP contribution in [0.25, 0.3) is 0 Å². The summed E-state index contributed by atoms with van der Waals surface area (Å²) in [5.41, 5.74) is 2.29. The molecular formula is C22H31IN4O3S. The average molecular weight is 558 g/mol. The summed E-state index contributed by atoms with van der Waals surface area (Å²) in [5.74, 6) is 2.48. The molecular weight excluding hydrogens is 527 g/mol. The summed E-state index contributed by atoms with van der Waals surface area (Å²) in [5, 5.41) is 8.05. The highest BCUT2D eigenvalue weighted by molar-refractivity contribution is 14.0. The number of guanidine groups is 1. The Kier molecular flexibility index (Phi) is 8.40. The Morgan fingerprint density at radius 1 is 1.16 bits per heavy atom. The minimum Gasteiger partial charge on any atom is -0.454 e. The maximum Gasteiger partial charge on any atom is 0.231 e. The van der Waals surface area contributed by atoms with Crippen molar-refractivity contribution in [2.45, 2.75) is 45.6 Å². The SMILES string of the molecule is CCNC(=NCc1sc(C)nc1C)NCC1(c2ccc3c(c2)OCO3)CCOCC1.I. The van der Waals surface area contributed by atoms with Crippen LogP contribution < -0.4 is 20.1 Å². The fraction of sp³-hybridized carbons (Fsp3) is 0.545. The van der Waals surface area contributed by atoms with Gasteiger partial charge < -0.3 is 24.8 Å². The number of thiazole rings is 1. The number of rotatable bonds is 6. The van der Waals surface area contributed by atoms with Crippen LogP contribution in [0.2, 0.25) is 0 Å². The van der Waals surface area contributed by atoms with Gasteiger partial charge >= 0.3 is 0 Å². The van der Waals surface area contributed by atoms with Gasteiger partial charge in [0, 0.05) is 36.6 Å². The minimum atomic E-state index is -0.0353. The van der Waals surface area contributed by atoms with E-state index in [1.165, 1.54) is 10.4 Å². The molecule has 31 heavy (non-hydrogen) atoms. The average Bonchev–Trinajstić information content (AvgIpc) is 3.35. The van der Waals surface area contributed by atoms with Crippen molar-refractivity contribution >= 4 is 41.3 Å². The topological polar surface area (TPSA) is 77.0 Å². The van der Waals surface area contributed by atoms with E-state index in [4.69, 9.17) is 19.2 Å². The third-order valence-electron chi connectivity index (χ3n) is 5.75. The van der Waals surface area contributed by atoms with E-state index in [-0.39, 0.29) is 29.4 Å². The molecule has 2 aromatic rings. The molecule has 0 saturated carbocycles. The molecule has 0 bridgehead atoms. The Bertz CT molecular complexity index is 912. The second kappa shape index (κ2) is 10.8. The number of nitrogens with zero attached hydrogens (tertiary/aromatic N) is 2. The summed E-state index contributed by atoms with van der Waals surface area (Å²) >= 11 is 1.71. The summed E-state index contributed by atoms with van der Waals surface area (Å²) < 4.78 is 16.8. The third kappa shape index (κ3) is 5.61. The van der Waals surface area contributed by atoms with Gasteiger partial charge in [0.15, 0.2) is 17.5 Å². The van der Waals surface area contributed by atoms with Crippen LogP contribution in [-0.4, -0.2) is 44.0 Å². The fourth-order valence-electron chi connectivity index (χ4n) is 4.02. The zero-order chi connectivity index (χ0) is 21.0. The Morgan fingerprint density at radius 3 is 2.65 bits per heavy atom. The maximum absolute atomic E-state index is 5.68. The first-order valence-corrected chi connectivity index (χ1v) is 11.3. The van der Waals surface area contributed by atoms with E-state index in [0.717, 1.165) is 67.3 Å². The second-order valence-corrected chi connectivity index (χ2v) is 9.04. The number of halogens is 1. The first-order valence-electron chi connectivity index (χ1n) is 10.5. The lowest BCUT2D eigenvalue weighted by atomic mass is 9.74. The number of fused-ring (bicyclic) bond motifs is 1. The lowest BCUT2D eigenvalue weighted by Gasteiger charge is -2.38. The van der Waals surface area contributed by atoms with Crippen molar-refractivity contribution in [1.82, 2.24) is 15.6 Å². The third-order valence-corrected chi connectivity index (χ3v) is 6.81. The number of benzene rings is 1. The molecule has 1 aromatic heterocycles. The molecule has 2 N–H and O–H groups in total. The van der Waals surface area contributed by atoms with Gasteiger partial charge in [-0.05, 0) is 51.3 Å². The van der Waals surface area contributed by atoms with E-state index in [1.54, 1.807) is 11.3 Å². The Hall–Kier alpha value is -1.59. The van der Waals surface area contributed by atoms with Crippen molar-refractivity contribution in [3.05, 3.63) is 39.3 Å². The highest BCUT2D eigenvalue weighted by atomic mass is 127. The standard InChI is InChI=1S/C22H30N4O3S.HI/c1-4-23-21(24-12-20-15(2)26-16(3)30-20)25-13-22(7-9-27-10-8-22)17-5-6-18-19(11-17)29-14-28-18;/h5-6,11H,4,7-10,12-14H2,1-3H3,(H2,23,24,25);1H. The van der Waals surface area contributed by atoms with Crippen LogP contribution in [0, 0.1) is 13.8 Å². The van der Waals surface area contributed by atoms with Gasteiger partial charge in [0.05, 0.1) is 17.2 Å². The predicted molar refractivity (Wildman–Crippen MR) is 134 cm³/mol. The zero-order valence-electron chi connectivity index (χ0n) is 18.3. The molecule has 0 atom stereocenters. The quantitative estimate of drug-likeness (QED) is 0.318. The van der Waals surface area contributed by atoms with Gasteiger partial charge in [-0.3, -0.25) is 0 Å². The number of ether oxygens (including phenoxy) is 3. The van der Waals surface area contributed by atoms with Gasteiger partial charge in [0.1, 0.15) is 0 Å². The molecule has 1 aromatic carbocycles. The predicted octanol–water partition coefficient (Wildman–Crippen LogP) is 3.91. The van der Waals surface area contributed by atoms with Crippen molar-refractivity contribution < 1.29 is 14.2 Å². The maximum atomic E-state index is 5.68. The number of hydrogen-bond acceptors (Lipinski definition) is 6. The molecule has 4 rings (SSSR count). The normalized spacial score (nSPS) is 17.2. The molecule has 1 fully saturated rings. The Balaban J connectivity index is 0.00000272. The largest absolute Gasteiger partial charge is 0.454 e. The summed E-state index contributed by atoms with van der Waals surface area (Å²) in [7, 11) is 0. The number of hydrogen-bond donors (Lipinski definition) is 2. The molecule has 170 valence electrons. The highest BCUT2D eigenvalue weighted by Gasteiger charge is 2.35.